The van der Waals surface area contributed by atoms with Crippen molar-refractivity contribution in [1.29, 1.82) is 0 Å². The molecule has 3 aromatic rings. The van der Waals surface area contributed by atoms with E-state index in [4.69, 9.17) is 14.5 Å². The Morgan fingerprint density at radius 1 is 1.11 bits per heavy atom. The summed E-state index contributed by atoms with van der Waals surface area (Å²) >= 11 is 0. The fraction of sp³-hybridized carbons (Fsp3) is 0.517. The van der Waals surface area contributed by atoms with E-state index in [1.165, 1.54) is 7.11 Å². The number of aromatic amines is 1. The first-order valence-corrected chi connectivity index (χ1v) is 12.4. The molecule has 6 heteroatoms. The normalized spacial score (nSPS) is 15.9. The van der Waals surface area contributed by atoms with Crippen molar-refractivity contribution in [1.82, 2.24) is 9.97 Å². The van der Waals surface area contributed by atoms with E-state index in [1.54, 1.807) is 0 Å². The number of aromatic nitrogens is 2. The number of phenolic OH excluding ortho intramolecular Hbond substituents is 1. The van der Waals surface area contributed by atoms with Crippen LogP contribution in [0, 0.1) is 40.5 Å². The number of hydrogen-bond donors (Lipinski definition) is 2. The Hall–Kier alpha value is -2.86. The number of nitrogens with one attached hydrogen (secondary N) is 1. The van der Waals surface area contributed by atoms with Gasteiger partial charge in [0.1, 0.15) is 11.4 Å². The molecule has 0 saturated heterocycles. The predicted molar refractivity (Wildman–Crippen MR) is 139 cm³/mol. The second-order valence-electron chi connectivity index (χ2n) is 11.2. The standard InChI is InChI=1S/C29H38N2O4/c1-15-12-21(13-16(2)25(15)32)23-22-17(3)18(4)30-26(22)31-19(5)24(23)29(27(33)34-9,14-20-10-11-20)35-28(6,7)8/h12-13,20,32H,10-11,14H2,1-9H3,(H,30,31). The SMILES string of the molecule is COC(=O)C(CC1CC1)(OC(C)(C)C)c1c(C)nc2[nH]c(C)c(C)c2c1-c1cc(C)c(O)c(C)c1. The summed E-state index contributed by atoms with van der Waals surface area (Å²) in [5.41, 5.74) is 5.84. The zero-order valence-corrected chi connectivity index (χ0v) is 22.5. The lowest BCUT2D eigenvalue weighted by molar-refractivity contribution is -0.194. The Morgan fingerprint density at radius 3 is 2.23 bits per heavy atom. The van der Waals surface area contributed by atoms with Crippen LogP contribution in [0.5, 0.6) is 5.75 Å². The Bertz CT molecular complexity index is 1290. The number of fused-ring (bicyclic) bond motifs is 1. The Kier molecular flexibility index (Phi) is 6.25. The summed E-state index contributed by atoms with van der Waals surface area (Å²) in [6.45, 7) is 15.8. The zero-order valence-electron chi connectivity index (χ0n) is 22.5. The number of carbonyl (C=O) groups excluding carboxylic acids is 1. The molecule has 0 amide bonds. The lowest BCUT2D eigenvalue weighted by atomic mass is 9.79. The number of pyridine rings is 1. The molecule has 1 aliphatic rings. The summed E-state index contributed by atoms with van der Waals surface area (Å²) in [5, 5.41) is 11.5. The number of hydrogen-bond acceptors (Lipinski definition) is 5. The first-order chi connectivity index (χ1) is 16.3. The predicted octanol–water partition coefficient (Wildman–Crippen LogP) is 6.46. The van der Waals surface area contributed by atoms with E-state index in [-0.39, 0.29) is 5.75 Å². The van der Waals surface area contributed by atoms with Crippen LogP contribution in [0.15, 0.2) is 12.1 Å². The van der Waals surface area contributed by atoms with Gasteiger partial charge in [0.25, 0.3) is 0 Å². The van der Waals surface area contributed by atoms with Crippen molar-refractivity contribution in [2.75, 3.05) is 7.11 Å². The van der Waals surface area contributed by atoms with Crippen LogP contribution in [0.1, 0.15) is 73.7 Å². The van der Waals surface area contributed by atoms with Gasteiger partial charge in [0.05, 0.1) is 12.7 Å². The van der Waals surface area contributed by atoms with Crippen LogP contribution < -0.4 is 0 Å². The number of H-pyrrole nitrogens is 1. The highest BCUT2D eigenvalue weighted by atomic mass is 16.6. The third-order valence-corrected chi connectivity index (χ3v) is 7.07. The molecule has 2 heterocycles. The molecule has 188 valence electrons. The first-order valence-electron chi connectivity index (χ1n) is 12.4. The molecule has 0 spiro atoms. The van der Waals surface area contributed by atoms with Gasteiger partial charge in [-0.15, -0.1) is 0 Å². The fourth-order valence-corrected chi connectivity index (χ4v) is 5.34. The summed E-state index contributed by atoms with van der Waals surface area (Å²) in [7, 11) is 1.43. The van der Waals surface area contributed by atoms with Crippen LogP contribution in [0.2, 0.25) is 0 Å². The Labute approximate surface area is 208 Å². The molecule has 0 bridgehead atoms. The van der Waals surface area contributed by atoms with E-state index in [2.05, 4.69) is 11.9 Å². The number of phenols is 1. The maximum absolute atomic E-state index is 13.8. The minimum atomic E-state index is -1.31. The molecule has 1 aliphatic carbocycles. The molecule has 4 rings (SSSR count). The van der Waals surface area contributed by atoms with Gasteiger partial charge >= 0.3 is 5.97 Å². The van der Waals surface area contributed by atoms with Gasteiger partial charge in [-0.25, -0.2) is 9.78 Å². The lowest BCUT2D eigenvalue weighted by Gasteiger charge is -2.39. The van der Waals surface area contributed by atoms with Crippen molar-refractivity contribution in [3.8, 4) is 16.9 Å². The molecule has 2 aromatic heterocycles. The van der Waals surface area contributed by atoms with Gasteiger partial charge in [0.2, 0.25) is 0 Å². The molecule has 0 radical (unpaired) electrons. The van der Waals surface area contributed by atoms with Gasteiger partial charge in [-0.1, -0.05) is 12.8 Å². The van der Waals surface area contributed by atoms with Gasteiger partial charge in [0.15, 0.2) is 5.60 Å². The number of aromatic hydroxyl groups is 1. The number of benzene rings is 1. The van der Waals surface area contributed by atoms with Crippen LogP contribution in [0.4, 0.5) is 0 Å². The largest absolute Gasteiger partial charge is 0.507 e. The molecule has 6 nitrogen and oxygen atoms in total. The number of rotatable bonds is 6. The average Bonchev–Trinajstić information content (AvgIpc) is 3.52. The van der Waals surface area contributed by atoms with Gasteiger partial charge in [0, 0.05) is 27.9 Å². The van der Waals surface area contributed by atoms with Crippen molar-refractivity contribution in [3.63, 3.8) is 0 Å². The molecule has 2 N–H and O–H groups in total. The quantitative estimate of drug-likeness (QED) is 0.397. The molecule has 1 fully saturated rings. The summed E-state index contributed by atoms with van der Waals surface area (Å²) in [6, 6.07) is 3.97. The average molecular weight is 479 g/mol. The van der Waals surface area contributed by atoms with E-state index in [1.807, 2.05) is 60.6 Å². The summed E-state index contributed by atoms with van der Waals surface area (Å²) in [4.78, 5) is 22.2. The van der Waals surface area contributed by atoms with Crippen molar-refractivity contribution in [3.05, 3.63) is 45.8 Å². The van der Waals surface area contributed by atoms with Gasteiger partial charge in [-0.05, 0) is 102 Å². The molecule has 1 saturated carbocycles. The van der Waals surface area contributed by atoms with E-state index < -0.39 is 17.2 Å². The minimum Gasteiger partial charge on any atom is -0.507 e. The number of methoxy groups -OCH3 is 1. The highest BCUT2D eigenvalue weighted by Gasteiger charge is 2.52. The third-order valence-electron chi connectivity index (χ3n) is 7.07. The molecule has 1 unspecified atom stereocenters. The number of aryl methyl sites for hydroxylation is 5. The van der Waals surface area contributed by atoms with Crippen LogP contribution in [0.3, 0.4) is 0 Å². The minimum absolute atomic E-state index is 0.280. The Morgan fingerprint density at radius 2 is 1.71 bits per heavy atom. The number of carbonyl (C=O) groups is 1. The van der Waals surface area contributed by atoms with Crippen molar-refractivity contribution in [2.24, 2.45) is 5.92 Å². The molecule has 1 atom stereocenters. The zero-order chi connectivity index (χ0) is 25.9. The van der Waals surface area contributed by atoms with Crippen molar-refractivity contribution < 1.29 is 19.4 Å². The van der Waals surface area contributed by atoms with Gasteiger partial charge in [-0.2, -0.15) is 0 Å². The smallest absolute Gasteiger partial charge is 0.342 e. The first kappa shape index (κ1) is 25.2. The Balaban J connectivity index is 2.20. The lowest BCUT2D eigenvalue weighted by Crippen LogP contribution is -2.46. The van der Waals surface area contributed by atoms with Crippen molar-refractivity contribution >= 4 is 17.0 Å². The third kappa shape index (κ3) is 4.44. The van der Waals surface area contributed by atoms with Crippen LogP contribution >= 0.6 is 0 Å². The van der Waals surface area contributed by atoms with E-state index in [9.17, 15) is 9.90 Å². The number of esters is 1. The van der Waals surface area contributed by atoms with Crippen molar-refractivity contribution in [2.45, 2.75) is 85.9 Å². The van der Waals surface area contributed by atoms with E-state index in [0.29, 0.717) is 12.3 Å². The van der Waals surface area contributed by atoms with Gasteiger partial charge in [-0.3, -0.25) is 0 Å². The van der Waals surface area contributed by atoms with Crippen LogP contribution in [0.25, 0.3) is 22.2 Å². The summed E-state index contributed by atoms with van der Waals surface area (Å²) in [6.07, 6.45) is 2.67. The van der Waals surface area contributed by atoms with E-state index in [0.717, 1.165) is 68.6 Å². The van der Waals surface area contributed by atoms with Crippen LogP contribution in [-0.2, 0) is 19.9 Å². The number of nitrogens with zero attached hydrogens (tertiary/aromatic N) is 1. The summed E-state index contributed by atoms with van der Waals surface area (Å²) < 4.78 is 12.2. The summed E-state index contributed by atoms with van der Waals surface area (Å²) in [5.74, 6) is 0.265. The van der Waals surface area contributed by atoms with Gasteiger partial charge < -0.3 is 19.6 Å². The van der Waals surface area contributed by atoms with E-state index >= 15 is 0 Å². The highest BCUT2D eigenvalue weighted by Crippen LogP contribution is 2.51. The molecular weight excluding hydrogens is 440 g/mol. The molecular formula is C29H38N2O4. The topological polar surface area (TPSA) is 84.4 Å². The second-order valence-corrected chi connectivity index (χ2v) is 11.2. The molecule has 0 aliphatic heterocycles. The second kappa shape index (κ2) is 8.66. The maximum atomic E-state index is 13.8. The molecule has 1 aromatic carbocycles. The number of ether oxygens (including phenoxy) is 2. The van der Waals surface area contributed by atoms with Crippen LogP contribution in [-0.4, -0.2) is 33.8 Å². The fourth-order valence-electron chi connectivity index (χ4n) is 5.34. The molecule has 35 heavy (non-hydrogen) atoms. The highest BCUT2D eigenvalue weighted by molar-refractivity contribution is 6.01. The monoisotopic (exact) mass is 478 g/mol. The maximum Gasteiger partial charge on any atom is 0.342 e.